The van der Waals surface area contributed by atoms with Crippen molar-refractivity contribution in [2.75, 3.05) is 18.5 Å². The second-order valence-corrected chi connectivity index (χ2v) is 5.72. The number of ether oxygens (including phenoxy) is 2. The predicted octanol–water partition coefficient (Wildman–Crippen LogP) is 3.50. The van der Waals surface area contributed by atoms with E-state index < -0.39 is 23.4 Å². The van der Waals surface area contributed by atoms with Crippen LogP contribution in [0.15, 0.2) is 48.5 Å². The Morgan fingerprint density at radius 2 is 1.96 bits per heavy atom. The lowest BCUT2D eigenvalue weighted by Crippen LogP contribution is -2.20. The van der Waals surface area contributed by atoms with Crippen molar-refractivity contribution < 1.29 is 24.0 Å². The number of non-ortho nitro benzene ring substituents is 1. The highest BCUT2D eigenvalue weighted by molar-refractivity contribution is 5.95. The molecule has 1 amide bonds. The molecule has 8 nitrogen and oxygen atoms in total. The molecular weight excluding hydrogens is 364 g/mol. The molecule has 8 heteroatoms. The second kappa shape index (κ2) is 9.86. The summed E-state index contributed by atoms with van der Waals surface area (Å²) in [4.78, 5) is 34.0. The Hall–Kier alpha value is -3.68. The lowest BCUT2D eigenvalue weighted by atomic mass is 10.2. The summed E-state index contributed by atoms with van der Waals surface area (Å²) in [5.74, 6) is -0.587. The van der Waals surface area contributed by atoms with Gasteiger partial charge < -0.3 is 14.8 Å². The summed E-state index contributed by atoms with van der Waals surface area (Å²) < 4.78 is 10.4. The zero-order valence-corrected chi connectivity index (χ0v) is 15.5. The summed E-state index contributed by atoms with van der Waals surface area (Å²) in [6.45, 7) is 3.51. The Labute approximate surface area is 161 Å². The van der Waals surface area contributed by atoms with E-state index in [1.807, 2.05) is 19.1 Å². The topological polar surface area (TPSA) is 108 Å². The van der Waals surface area contributed by atoms with Gasteiger partial charge in [0.15, 0.2) is 6.61 Å². The number of anilines is 1. The molecule has 0 unspecified atom stereocenters. The third-order valence-corrected chi connectivity index (χ3v) is 3.66. The molecule has 146 valence electrons. The van der Waals surface area contributed by atoms with Crippen LogP contribution in [-0.2, 0) is 14.3 Å². The molecule has 28 heavy (non-hydrogen) atoms. The van der Waals surface area contributed by atoms with Gasteiger partial charge in [-0.3, -0.25) is 14.9 Å². The van der Waals surface area contributed by atoms with Gasteiger partial charge in [0.2, 0.25) is 0 Å². The number of hydrogen-bond acceptors (Lipinski definition) is 6. The highest BCUT2D eigenvalue weighted by atomic mass is 16.6. The van der Waals surface area contributed by atoms with Crippen LogP contribution < -0.4 is 10.1 Å². The van der Waals surface area contributed by atoms with Crippen LogP contribution in [0.25, 0.3) is 6.08 Å². The molecular formula is C20H20N2O6. The van der Waals surface area contributed by atoms with Crippen molar-refractivity contribution in [1.82, 2.24) is 0 Å². The van der Waals surface area contributed by atoms with Crippen molar-refractivity contribution in [3.8, 4) is 5.75 Å². The number of rotatable bonds is 8. The van der Waals surface area contributed by atoms with Gasteiger partial charge in [-0.2, -0.15) is 0 Å². The van der Waals surface area contributed by atoms with Crippen LogP contribution in [0.1, 0.15) is 18.1 Å². The molecule has 0 bridgehead atoms. The average Bonchev–Trinajstić information content (AvgIpc) is 2.67. The van der Waals surface area contributed by atoms with Crippen molar-refractivity contribution in [3.63, 3.8) is 0 Å². The highest BCUT2D eigenvalue weighted by Crippen LogP contribution is 2.21. The third-order valence-electron chi connectivity index (χ3n) is 3.66. The molecule has 0 heterocycles. The summed E-state index contributed by atoms with van der Waals surface area (Å²) in [5.41, 5.74) is 1.58. The number of nitro groups is 1. The summed E-state index contributed by atoms with van der Waals surface area (Å²) in [5, 5.41) is 13.3. The fourth-order valence-electron chi connectivity index (χ4n) is 2.34. The Balaban J connectivity index is 1.89. The molecule has 0 saturated carbocycles. The van der Waals surface area contributed by atoms with E-state index in [4.69, 9.17) is 9.47 Å². The first-order valence-electron chi connectivity index (χ1n) is 8.52. The monoisotopic (exact) mass is 384 g/mol. The first-order valence-corrected chi connectivity index (χ1v) is 8.52. The molecule has 0 atom stereocenters. The Morgan fingerprint density at radius 3 is 2.64 bits per heavy atom. The Bertz CT molecular complexity index is 907. The standard InChI is InChI=1S/C20H20N2O6/c1-3-27-18-7-5-4-6-15(18)8-11-20(24)28-13-19(23)21-17-10-9-16(22(25)26)12-14(17)2/h4-12H,3,13H2,1-2H3,(H,21,23)/b11-8+. The zero-order valence-electron chi connectivity index (χ0n) is 15.5. The molecule has 0 aliphatic heterocycles. The van der Waals surface area contributed by atoms with Crippen LogP contribution in [0.4, 0.5) is 11.4 Å². The van der Waals surface area contributed by atoms with Gasteiger partial charge in [0.05, 0.1) is 11.5 Å². The number of nitrogens with zero attached hydrogens (tertiary/aromatic N) is 1. The smallest absolute Gasteiger partial charge is 0.331 e. The van der Waals surface area contributed by atoms with Crippen LogP contribution in [-0.4, -0.2) is 30.0 Å². The van der Waals surface area contributed by atoms with Crippen molar-refractivity contribution in [2.24, 2.45) is 0 Å². The van der Waals surface area contributed by atoms with Gasteiger partial charge in [-0.1, -0.05) is 18.2 Å². The van der Waals surface area contributed by atoms with E-state index in [1.54, 1.807) is 25.1 Å². The fourth-order valence-corrected chi connectivity index (χ4v) is 2.34. The summed E-state index contributed by atoms with van der Waals surface area (Å²) >= 11 is 0. The van der Waals surface area contributed by atoms with E-state index in [9.17, 15) is 19.7 Å². The van der Waals surface area contributed by atoms with E-state index in [0.29, 0.717) is 29.2 Å². The molecule has 0 aliphatic rings. The largest absolute Gasteiger partial charge is 0.493 e. The lowest BCUT2D eigenvalue weighted by Gasteiger charge is -2.08. The number of aryl methyl sites for hydroxylation is 1. The number of carbonyl (C=O) groups excluding carboxylic acids is 2. The first-order chi connectivity index (χ1) is 13.4. The lowest BCUT2D eigenvalue weighted by molar-refractivity contribution is -0.384. The predicted molar refractivity (Wildman–Crippen MR) is 104 cm³/mol. The Kier molecular flexibility index (Phi) is 7.27. The van der Waals surface area contributed by atoms with E-state index >= 15 is 0 Å². The summed E-state index contributed by atoms with van der Waals surface area (Å²) in [6, 6.07) is 11.3. The Morgan fingerprint density at radius 1 is 1.21 bits per heavy atom. The minimum atomic E-state index is -0.679. The third kappa shape index (κ3) is 5.94. The highest BCUT2D eigenvalue weighted by Gasteiger charge is 2.11. The van der Waals surface area contributed by atoms with Crippen LogP contribution in [0.2, 0.25) is 0 Å². The van der Waals surface area contributed by atoms with Crippen LogP contribution in [0.5, 0.6) is 5.75 Å². The van der Waals surface area contributed by atoms with Crippen molar-refractivity contribution in [2.45, 2.75) is 13.8 Å². The first kappa shape index (κ1) is 20.6. The molecule has 0 fully saturated rings. The number of nitro benzene ring substituents is 1. The summed E-state index contributed by atoms with van der Waals surface area (Å²) in [6.07, 6.45) is 2.76. The van der Waals surface area contributed by atoms with E-state index in [-0.39, 0.29) is 5.69 Å². The zero-order chi connectivity index (χ0) is 20.5. The van der Waals surface area contributed by atoms with Gasteiger partial charge in [-0.25, -0.2) is 4.79 Å². The van der Waals surface area contributed by atoms with Gasteiger partial charge in [0, 0.05) is 29.5 Å². The quantitative estimate of drug-likeness (QED) is 0.323. The maximum atomic E-state index is 11.9. The van der Waals surface area contributed by atoms with Crippen LogP contribution >= 0.6 is 0 Å². The number of esters is 1. The average molecular weight is 384 g/mol. The van der Waals surface area contributed by atoms with Gasteiger partial charge in [-0.15, -0.1) is 0 Å². The maximum absolute atomic E-state index is 11.9. The molecule has 0 aromatic heterocycles. The molecule has 0 aliphatic carbocycles. The fraction of sp³-hybridized carbons (Fsp3) is 0.200. The van der Waals surface area contributed by atoms with Crippen molar-refractivity contribution in [1.29, 1.82) is 0 Å². The molecule has 2 rings (SSSR count). The number of benzene rings is 2. The number of nitrogens with one attached hydrogen (secondary N) is 1. The minimum Gasteiger partial charge on any atom is -0.493 e. The molecule has 2 aromatic rings. The minimum absolute atomic E-state index is 0.0700. The second-order valence-electron chi connectivity index (χ2n) is 5.72. The van der Waals surface area contributed by atoms with Gasteiger partial charge in [0.25, 0.3) is 11.6 Å². The maximum Gasteiger partial charge on any atom is 0.331 e. The van der Waals surface area contributed by atoms with Crippen LogP contribution in [0, 0.1) is 17.0 Å². The van der Waals surface area contributed by atoms with Gasteiger partial charge in [0.1, 0.15) is 5.75 Å². The van der Waals surface area contributed by atoms with Crippen molar-refractivity contribution in [3.05, 3.63) is 69.8 Å². The number of amides is 1. The van der Waals surface area contributed by atoms with Crippen LogP contribution in [0.3, 0.4) is 0 Å². The molecule has 0 saturated heterocycles. The SMILES string of the molecule is CCOc1ccccc1/C=C/C(=O)OCC(=O)Nc1ccc([N+](=O)[O-])cc1C. The number of para-hydroxylation sites is 1. The molecule has 2 aromatic carbocycles. The van der Waals surface area contributed by atoms with E-state index in [2.05, 4.69) is 5.32 Å². The van der Waals surface area contributed by atoms with Gasteiger partial charge in [-0.05, 0) is 37.6 Å². The summed E-state index contributed by atoms with van der Waals surface area (Å²) in [7, 11) is 0. The molecule has 0 spiro atoms. The molecule has 1 N–H and O–H groups in total. The van der Waals surface area contributed by atoms with E-state index in [0.717, 1.165) is 0 Å². The number of hydrogen-bond donors (Lipinski definition) is 1. The normalized spacial score (nSPS) is 10.5. The van der Waals surface area contributed by atoms with Crippen molar-refractivity contribution >= 4 is 29.3 Å². The molecule has 0 radical (unpaired) electrons. The van der Waals surface area contributed by atoms with Gasteiger partial charge >= 0.3 is 5.97 Å². The number of carbonyl (C=O) groups is 2. The van der Waals surface area contributed by atoms with E-state index in [1.165, 1.54) is 24.3 Å².